The monoisotopic (exact) mass is 2080 g/mol. The number of carboxylic acid groups (broad SMARTS) is 1. The Labute approximate surface area is 864 Å². The summed E-state index contributed by atoms with van der Waals surface area (Å²) in [5, 5.41) is 76.2. The maximum absolute atomic E-state index is 15.2. The molecule has 2 aromatic rings. The van der Waals surface area contributed by atoms with Crippen LogP contribution in [0.5, 0.6) is 0 Å². The lowest BCUT2D eigenvalue weighted by molar-refractivity contribution is -0.149. The number of H-pyrrole nitrogens is 1. The van der Waals surface area contributed by atoms with Crippen molar-refractivity contribution in [3.05, 3.63) is 54.1 Å². The number of aromatic amines is 1. The van der Waals surface area contributed by atoms with Crippen molar-refractivity contribution in [2.75, 3.05) is 59.0 Å². The quantitative estimate of drug-likeness (QED) is 0.0168. The Bertz CT molecular complexity index is 4800. The van der Waals surface area contributed by atoms with Gasteiger partial charge in [-0.25, -0.2) is 9.78 Å². The number of amides is 18. The van der Waals surface area contributed by atoms with Crippen LogP contribution in [0.25, 0.3) is 0 Å². The maximum Gasteiger partial charge on any atom is 0.326 e. The molecule has 1 aromatic heterocycles. The van der Waals surface area contributed by atoms with E-state index in [1.807, 2.05) is 0 Å². The summed E-state index contributed by atoms with van der Waals surface area (Å²) in [6.07, 6.45) is 6.31. The number of carboxylic acids is 1. The number of imidazole rings is 1. The van der Waals surface area contributed by atoms with Gasteiger partial charge in [-0.15, -0.1) is 0 Å². The zero-order valence-electron chi connectivity index (χ0n) is 87.2. The molecule has 32 N–H and O–H groups in total. The maximum atomic E-state index is 15.2. The van der Waals surface area contributed by atoms with Crippen molar-refractivity contribution in [3.8, 4) is 0 Å². The molecule has 1 aromatic carbocycles. The molecule has 0 unspecified atom stereocenters. The van der Waals surface area contributed by atoms with E-state index in [1.54, 1.807) is 99.6 Å². The summed E-state index contributed by atoms with van der Waals surface area (Å²) in [5.74, 6) is -19.1. The number of unbranched alkanes of at least 4 members (excludes halogenated alkanes) is 2. The fourth-order valence-corrected chi connectivity index (χ4v) is 18.2. The Morgan fingerprint density at radius 1 is 0.426 bits per heavy atom. The number of carbonyl (C=O) groups is 19. The van der Waals surface area contributed by atoms with Gasteiger partial charge in [-0.1, -0.05) is 119 Å². The number of aliphatic carboxylic acids is 1. The molecule has 4 aliphatic heterocycles. The molecule has 18 amide bonds. The molecule has 4 fully saturated rings. The Morgan fingerprint density at radius 3 is 1.32 bits per heavy atom. The number of aromatic nitrogens is 2. The number of hydrogen-bond acceptors (Lipinski definition) is 26. The van der Waals surface area contributed by atoms with Crippen LogP contribution in [-0.4, -0.2) is 332 Å². The number of nitrogens with one attached hydrogen (secondary N) is 18. The van der Waals surface area contributed by atoms with E-state index in [0.29, 0.717) is 63.5 Å². The van der Waals surface area contributed by atoms with Crippen LogP contribution in [0.4, 0.5) is 0 Å². The standard InChI is InChI=1S/C98H163N29O21/c1-12-55(8)76(91(142)111-58(11)79(130)122-77(56(9)13-2)95(146)127-45-27-37-73(127)94(145)126-44-26-36-72(126)87(138)113-61(30-18-20-38-99)80(131)112-62(31-19-21-39-100)82(133)123-78(96(147)148)57(10)14-3)121-85(136)66(47-59-28-16-15-17-29-59)117-86(137)69(51-128)120-89(140)71-35-25-43-125(71)93(144)68(48-60-50-107-52-110-60)119-83(134)65(46-53(4)5)116-84(135)67(49-74(101)129)118-88(139)70-34-24-42-124(70)92(143)64(33-23-41-109-98(105)106)115-81(132)63(32-22-40-108-97(103)104)114-90(141)75(102)54(6)7/h15-17,28-29,50,52-58,61-73,75-78,128H,12-14,18-27,30-49,51,99-100,102H2,1-11H3,(H2,101,129)(H,107,110)(H,111,142)(H,112,131)(H,113,138)(H,114,141)(H,115,132)(H,116,135)(H,117,137)(H,118,139)(H,119,134)(H,120,140)(H,121,136)(H,122,130)(H,123,133)(H,147,148)(H4,103,104,108)(H4,105,106,109)/t55-,56-,57-,58-,61-,62-,63-,64-,65-,66-,67-,68-,69-,70-,71-,72-,73-,75-,76-,77-,78-/m0/s1. The number of primary amides is 1. The third-order valence-electron chi connectivity index (χ3n) is 27.5. The molecule has 0 bridgehead atoms. The third kappa shape index (κ3) is 38.1. The first-order valence-electron chi connectivity index (χ1n) is 51.9. The largest absolute Gasteiger partial charge is 0.480 e. The summed E-state index contributed by atoms with van der Waals surface area (Å²) < 4.78 is 0. The van der Waals surface area contributed by atoms with Gasteiger partial charge in [-0.2, -0.15) is 0 Å². The average molecular weight is 2080 g/mol. The highest BCUT2D eigenvalue weighted by Crippen LogP contribution is 2.30. The highest BCUT2D eigenvalue weighted by molar-refractivity contribution is 6.03. The number of guanidine groups is 2. The van der Waals surface area contributed by atoms with E-state index >= 15 is 9.59 Å². The zero-order chi connectivity index (χ0) is 110. The van der Waals surface area contributed by atoms with Gasteiger partial charge in [0.05, 0.1) is 31.1 Å². The summed E-state index contributed by atoms with van der Waals surface area (Å²) in [5.41, 5.74) is 35.2. The van der Waals surface area contributed by atoms with E-state index in [0.717, 1.165) is 0 Å². The Hall–Kier alpha value is -13.3. The van der Waals surface area contributed by atoms with Gasteiger partial charge >= 0.3 is 5.97 Å². The van der Waals surface area contributed by atoms with Crippen LogP contribution in [0.1, 0.15) is 235 Å². The van der Waals surface area contributed by atoms with Crippen LogP contribution in [0.15, 0.2) is 42.9 Å². The highest BCUT2D eigenvalue weighted by Gasteiger charge is 2.49. The van der Waals surface area contributed by atoms with Crippen LogP contribution < -0.4 is 114 Å². The van der Waals surface area contributed by atoms with E-state index in [1.165, 1.54) is 39.0 Å². The summed E-state index contributed by atoms with van der Waals surface area (Å²) in [7, 11) is 0. The lowest BCUT2D eigenvalue weighted by Crippen LogP contribution is -2.62. The molecule has 4 saturated heterocycles. The molecule has 50 heteroatoms. The van der Waals surface area contributed by atoms with E-state index in [-0.39, 0.29) is 178 Å². The zero-order valence-corrected chi connectivity index (χ0v) is 87.2. The molecule has 6 rings (SSSR count). The lowest BCUT2D eigenvalue weighted by atomic mass is 9.96. The molecular formula is C98H163N29O21. The first-order valence-corrected chi connectivity index (χ1v) is 51.9. The van der Waals surface area contributed by atoms with Gasteiger partial charge in [-0.05, 0) is 177 Å². The number of likely N-dealkylation sites (tertiary alicyclic amines) is 4. The molecule has 0 aliphatic carbocycles. The van der Waals surface area contributed by atoms with Gasteiger partial charge in [0.2, 0.25) is 106 Å². The van der Waals surface area contributed by atoms with E-state index in [2.05, 4.69) is 89.7 Å². The Morgan fingerprint density at radius 2 is 0.824 bits per heavy atom. The number of nitrogens with two attached hydrogens (primary N) is 6. The van der Waals surface area contributed by atoms with Gasteiger partial charge in [0, 0.05) is 58.3 Å². The second-order valence-electron chi connectivity index (χ2n) is 39.7. The predicted octanol–water partition coefficient (Wildman–Crippen LogP) is -4.61. The third-order valence-corrected chi connectivity index (χ3v) is 27.5. The normalized spacial score (nSPS) is 18.9. The number of nitrogens with zero attached hydrogens (tertiary/aromatic N) is 5. The minimum atomic E-state index is -1.80. The van der Waals surface area contributed by atoms with Crippen LogP contribution in [-0.2, 0) is 104 Å². The highest BCUT2D eigenvalue weighted by atomic mass is 16.4. The fourth-order valence-electron chi connectivity index (χ4n) is 18.2. The summed E-state index contributed by atoms with van der Waals surface area (Å²) in [6.45, 7) is 18.5. The molecule has 0 radical (unpaired) electrons. The number of benzene rings is 1. The van der Waals surface area contributed by atoms with E-state index < -0.39 is 252 Å². The van der Waals surface area contributed by atoms with Crippen molar-refractivity contribution in [1.29, 1.82) is 10.8 Å². The van der Waals surface area contributed by atoms with Crippen LogP contribution in [0.3, 0.4) is 0 Å². The molecule has 148 heavy (non-hydrogen) atoms. The van der Waals surface area contributed by atoms with Gasteiger partial charge in [-0.3, -0.25) is 97.1 Å². The van der Waals surface area contributed by atoms with Crippen molar-refractivity contribution in [1.82, 2.24) is 109 Å². The predicted molar refractivity (Wildman–Crippen MR) is 545 cm³/mol. The van der Waals surface area contributed by atoms with Gasteiger partial charge in [0.25, 0.3) is 0 Å². The molecule has 826 valence electrons. The van der Waals surface area contributed by atoms with Crippen molar-refractivity contribution in [2.24, 2.45) is 64.0 Å². The first kappa shape index (κ1) is 123. The molecule has 5 heterocycles. The second kappa shape index (κ2) is 62.1. The number of aliphatic hydroxyl groups excluding tert-OH is 1. The second-order valence-corrected chi connectivity index (χ2v) is 39.7. The lowest BCUT2D eigenvalue weighted by Gasteiger charge is -2.35. The molecule has 0 spiro atoms. The smallest absolute Gasteiger partial charge is 0.326 e. The van der Waals surface area contributed by atoms with E-state index in [9.17, 15) is 91.7 Å². The number of aliphatic hydroxyl groups is 1. The molecule has 0 saturated carbocycles. The molecule has 50 nitrogen and oxygen atoms in total. The van der Waals surface area contributed by atoms with Crippen LogP contribution in [0.2, 0.25) is 0 Å². The number of rotatable bonds is 63. The van der Waals surface area contributed by atoms with Gasteiger partial charge in [0.1, 0.15) is 103 Å². The molecule has 21 atom stereocenters. The van der Waals surface area contributed by atoms with Gasteiger partial charge in [0.15, 0.2) is 11.9 Å². The van der Waals surface area contributed by atoms with Crippen LogP contribution in [0, 0.1) is 40.4 Å². The summed E-state index contributed by atoms with van der Waals surface area (Å²) >= 11 is 0. The summed E-state index contributed by atoms with van der Waals surface area (Å²) in [4.78, 5) is 285. The van der Waals surface area contributed by atoms with Crippen molar-refractivity contribution < 1.29 is 101 Å². The summed E-state index contributed by atoms with van der Waals surface area (Å²) in [6, 6.07) is -15.9. The molecule has 4 aliphatic rings. The van der Waals surface area contributed by atoms with E-state index in [4.69, 9.17) is 45.2 Å². The first-order chi connectivity index (χ1) is 70.2. The van der Waals surface area contributed by atoms with Crippen molar-refractivity contribution >= 4 is 124 Å². The topological polar surface area (TPSA) is 791 Å². The minimum absolute atomic E-state index is 0.000472. The minimum Gasteiger partial charge on any atom is -0.480 e. The average Bonchev–Trinajstić information content (AvgIpc) is 1.65. The molecular weight excluding hydrogens is 1920 g/mol. The van der Waals surface area contributed by atoms with Crippen molar-refractivity contribution in [3.63, 3.8) is 0 Å². The fraction of sp³-hybridized carbons (Fsp3) is 0.694. The SMILES string of the molecule is CC[C@H](C)[C@H](NC(=O)[C@H](CCCCN)NC(=O)[C@H](CCCCN)NC(=O)[C@@H]1CCCN1C(=O)[C@@H]1CCCN1C(=O)[C@@H](NC(=O)[C@H](C)NC(=O)[C@@H](NC(=O)[C@H](Cc1ccccc1)NC(=O)[C@H](CO)NC(=O)[C@@H]1CCCN1C(=O)[C@H](Cc1c[nH]cn1)NC(=O)[C@H](CC(C)C)NC(=O)[C@H](CC(N)=O)NC(=O)[C@@H]1CCCN1C(=O)[C@H](CCCNC(=N)N)NC(=O)[C@H](CCCNC(=N)N)NC(=O)[C@@H](N)C(C)C)[C@@H](C)CC)[C@@H](C)CC)C(=O)O. The van der Waals surface area contributed by atoms with Gasteiger partial charge < -0.3 is 149 Å². The number of carbonyl (C=O) groups excluding carboxylic acids is 18. The number of hydrogen-bond donors (Lipinski definition) is 26. The van der Waals surface area contributed by atoms with Crippen LogP contribution >= 0.6 is 0 Å². The van der Waals surface area contributed by atoms with Crippen molar-refractivity contribution in [2.45, 2.75) is 345 Å². The Kier molecular flexibility index (Phi) is 51.8. The Balaban J connectivity index is 1.14.